The van der Waals surface area contributed by atoms with E-state index in [4.69, 9.17) is 9.72 Å². The van der Waals surface area contributed by atoms with Crippen LogP contribution >= 0.6 is 0 Å². The lowest BCUT2D eigenvalue weighted by molar-refractivity contribution is 0.193. The van der Waals surface area contributed by atoms with E-state index in [1.807, 2.05) is 13.1 Å². The van der Waals surface area contributed by atoms with Crippen LogP contribution in [-0.4, -0.2) is 38.3 Å². The molecule has 1 aromatic heterocycles. The first kappa shape index (κ1) is 13.3. The van der Waals surface area contributed by atoms with Crippen LogP contribution in [0, 0.1) is 0 Å². The molecule has 1 N–H and O–H groups in total. The Morgan fingerprint density at radius 3 is 3.00 bits per heavy atom. The van der Waals surface area contributed by atoms with E-state index in [2.05, 4.69) is 41.5 Å². The number of hydrogen-bond acceptors (Lipinski definition) is 4. The molecule has 0 amide bonds. The predicted octanol–water partition coefficient (Wildman–Crippen LogP) is 2.18. The number of nitrogens with zero attached hydrogens (tertiary/aromatic N) is 2. The Bertz CT molecular complexity index is 593. The van der Waals surface area contributed by atoms with Crippen molar-refractivity contribution < 1.29 is 4.74 Å². The number of hydrogen-bond donors (Lipinski definition) is 1. The summed E-state index contributed by atoms with van der Waals surface area (Å²) in [5.41, 5.74) is 2.35. The number of para-hydroxylation sites is 1. The summed E-state index contributed by atoms with van der Waals surface area (Å²) in [5.74, 6) is 1.03. The highest BCUT2D eigenvalue weighted by Gasteiger charge is 2.22. The molecule has 20 heavy (non-hydrogen) atoms. The first-order valence-corrected chi connectivity index (χ1v) is 7.13. The summed E-state index contributed by atoms with van der Waals surface area (Å²) in [7, 11) is 4.09. The summed E-state index contributed by atoms with van der Waals surface area (Å²) in [6, 6.07) is 11.0. The van der Waals surface area contributed by atoms with E-state index in [1.165, 1.54) is 10.9 Å². The smallest absolute Gasteiger partial charge is 0.129 e. The van der Waals surface area contributed by atoms with Gasteiger partial charge in [-0.1, -0.05) is 18.2 Å². The fourth-order valence-electron chi connectivity index (χ4n) is 2.76. The molecule has 1 saturated heterocycles. The van der Waals surface area contributed by atoms with Crippen molar-refractivity contribution >= 4 is 16.7 Å². The van der Waals surface area contributed by atoms with Crippen LogP contribution in [0.3, 0.4) is 0 Å². The summed E-state index contributed by atoms with van der Waals surface area (Å²) in [4.78, 5) is 7.05. The van der Waals surface area contributed by atoms with E-state index >= 15 is 0 Å². The van der Waals surface area contributed by atoms with E-state index in [-0.39, 0.29) is 0 Å². The van der Waals surface area contributed by atoms with Crippen LogP contribution < -0.4 is 10.2 Å². The van der Waals surface area contributed by atoms with Gasteiger partial charge in [0.05, 0.1) is 18.2 Å². The van der Waals surface area contributed by atoms with Gasteiger partial charge in [0.15, 0.2) is 0 Å². The van der Waals surface area contributed by atoms with Gasteiger partial charge in [-0.05, 0) is 31.2 Å². The monoisotopic (exact) mass is 271 g/mol. The van der Waals surface area contributed by atoms with Crippen molar-refractivity contribution in [3.8, 4) is 0 Å². The average molecular weight is 271 g/mol. The highest BCUT2D eigenvalue weighted by Crippen LogP contribution is 2.25. The molecule has 1 atom stereocenters. The Morgan fingerprint density at radius 2 is 2.25 bits per heavy atom. The van der Waals surface area contributed by atoms with Crippen molar-refractivity contribution in [1.29, 1.82) is 0 Å². The van der Waals surface area contributed by atoms with Gasteiger partial charge in [-0.2, -0.15) is 0 Å². The highest BCUT2D eigenvalue weighted by molar-refractivity contribution is 5.84. The molecule has 1 unspecified atom stereocenters. The second-order valence-corrected chi connectivity index (χ2v) is 5.32. The van der Waals surface area contributed by atoms with Crippen LogP contribution in [0.2, 0.25) is 0 Å². The maximum Gasteiger partial charge on any atom is 0.129 e. The summed E-state index contributed by atoms with van der Waals surface area (Å²) < 4.78 is 5.48. The van der Waals surface area contributed by atoms with Crippen LogP contribution in [0.1, 0.15) is 12.0 Å². The van der Waals surface area contributed by atoms with Crippen molar-refractivity contribution in [3.05, 3.63) is 35.9 Å². The van der Waals surface area contributed by atoms with Crippen molar-refractivity contribution in [1.82, 2.24) is 10.3 Å². The third kappa shape index (κ3) is 2.49. The Hall–Kier alpha value is -1.65. The summed E-state index contributed by atoms with van der Waals surface area (Å²) in [5, 5.41) is 4.46. The minimum Gasteiger partial charge on any atom is -0.379 e. The fourth-order valence-corrected chi connectivity index (χ4v) is 2.76. The number of likely N-dealkylation sites (N-methyl/N-ethyl adjacent to an activating group) is 1. The quantitative estimate of drug-likeness (QED) is 0.925. The van der Waals surface area contributed by atoms with Gasteiger partial charge in [0.1, 0.15) is 5.82 Å². The lowest BCUT2D eigenvalue weighted by Gasteiger charge is -2.25. The molecule has 4 nitrogen and oxygen atoms in total. The van der Waals surface area contributed by atoms with Gasteiger partial charge in [-0.25, -0.2) is 4.98 Å². The van der Waals surface area contributed by atoms with Gasteiger partial charge in [0.25, 0.3) is 0 Å². The van der Waals surface area contributed by atoms with E-state index in [1.54, 1.807) is 0 Å². The molecule has 0 radical (unpaired) electrons. The molecular formula is C16H21N3O. The molecule has 1 aliphatic heterocycles. The Balaban J connectivity index is 2.02. The zero-order valence-corrected chi connectivity index (χ0v) is 12.1. The van der Waals surface area contributed by atoms with Crippen molar-refractivity contribution in [2.24, 2.45) is 0 Å². The Labute approximate surface area is 119 Å². The summed E-state index contributed by atoms with van der Waals surface area (Å²) in [6.07, 6.45) is 1.08. The minimum absolute atomic E-state index is 0.436. The Kier molecular flexibility index (Phi) is 3.85. The largest absolute Gasteiger partial charge is 0.379 e. The molecule has 3 rings (SSSR count). The Morgan fingerprint density at radius 1 is 1.40 bits per heavy atom. The number of anilines is 1. The zero-order chi connectivity index (χ0) is 13.9. The molecule has 0 aliphatic carbocycles. The van der Waals surface area contributed by atoms with Gasteiger partial charge in [-0.15, -0.1) is 0 Å². The molecule has 0 saturated carbocycles. The molecule has 1 aromatic carbocycles. The third-order valence-electron chi connectivity index (χ3n) is 3.97. The van der Waals surface area contributed by atoms with Gasteiger partial charge < -0.3 is 15.0 Å². The predicted molar refractivity (Wildman–Crippen MR) is 82.1 cm³/mol. The second-order valence-electron chi connectivity index (χ2n) is 5.32. The lowest BCUT2D eigenvalue weighted by Crippen LogP contribution is -2.32. The number of fused-ring (bicyclic) bond motifs is 1. The van der Waals surface area contributed by atoms with E-state index < -0.39 is 0 Å². The van der Waals surface area contributed by atoms with Crippen molar-refractivity contribution in [3.63, 3.8) is 0 Å². The van der Waals surface area contributed by atoms with Crippen molar-refractivity contribution in [2.75, 3.05) is 32.2 Å². The SMILES string of the molecule is CNCc1cc(N(C)C2CCOC2)nc2ccccc12. The van der Waals surface area contributed by atoms with Crippen LogP contribution in [0.5, 0.6) is 0 Å². The molecule has 0 bridgehead atoms. The average Bonchev–Trinajstić information content (AvgIpc) is 3.01. The molecule has 1 aliphatic rings. The topological polar surface area (TPSA) is 37.4 Å². The van der Waals surface area contributed by atoms with Crippen LogP contribution in [0.15, 0.2) is 30.3 Å². The second kappa shape index (κ2) is 5.77. The number of benzene rings is 1. The van der Waals surface area contributed by atoms with E-state index in [9.17, 15) is 0 Å². The summed E-state index contributed by atoms with van der Waals surface area (Å²) >= 11 is 0. The number of aromatic nitrogens is 1. The molecule has 4 heteroatoms. The zero-order valence-electron chi connectivity index (χ0n) is 12.1. The first-order chi connectivity index (χ1) is 9.79. The molecule has 1 fully saturated rings. The first-order valence-electron chi connectivity index (χ1n) is 7.13. The molecule has 106 valence electrons. The van der Waals surface area contributed by atoms with Crippen LogP contribution in [-0.2, 0) is 11.3 Å². The molecular weight excluding hydrogens is 250 g/mol. The van der Waals surface area contributed by atoms with Crippen LogP contribution in [0.4, 0.5) is 5.82 Å². The fraction of sp³-hybridized carbons (Fsp3) is 0.438. The third-order valence-corrected chi connectivity index (χ3v) is 3.97. The standard InChI is InChI=1S/C16H21N3O/c1-17-10-12-9-16(19(2)13-7-8-20-11-13)18-15-6-4-3-5-14(12)15/h3-6,9,13,17H,7-8,10-11H2,1-2H3. The molecule has 2 aromatic rings. The normalized spacial score (nSPS) is 18.6. The van der Waals surface area contributed by atoms with E-state index in [0.29, 0.717) is 6.04 Å². The van der Waals surface area contributed by atoms with Crippen molar-refractivity contribution in [2.45, 2.75) is 19.0 Å². The summed E-state index contributed by atoms with van der Waals surface area (Å²) in [6.45, 7) is 2.50. The molecule has 2 heterocycles. The maximum absolute atomic E-state index is 5.48. The van der Waals surface area contributed by atoms with Gasteiger partial charge in [-0.3, -0.25) is 0 Å². The van der Waals surface area contributed by atoms with Crippen LogP contribution in [0.25, 0.3) is 10.9 Å². The maximum atomic E-state index is 5.48. The number of nitrogens with one attached hydrogen (secondary N) is 1. The molecule has 0 spiro atoms. The van der Waals surface area contributed by atoms with Gasteiger partial charge in [0.2, 0.25) is 0 Å². The number of pyridine rings is 1. The minimum atomic E-state index is 0.436. The van der Waals surface area contributed by atoms with Gasteiger partial charge >= 0.3 is 0 Å². The lowest BCUT2D eigenvalue weighted by atomic mass is 10.1. The highest BCUT2D eigenvalue weighted by atomic mass is 16.5. The van der Waals surface area contributed by atoms with E-state index in [0.717, 1.165) is 37.5 Å². The number of ether oxygens (including phenoxy) is 1. The number of rotatable bonds is 4. The van der Waals surface area contributed by atoms with Gasteiger partial charge in [0, 0.05) is 25.6 Å².